The number of hydrogen-bond acceptors (Lipinski definition) is 5. The molecule has 4 rings (SSSR count). The van der Waals surface area contributed by atoms with Crippen LogP contribution in [0.2, 0.25) is 0 Å². The van der Waals surface area contributed by atoms with E-state index in [1.54, 1.807) is 4.90 Å². The molecule has 2 heterocycles. The van der Waals surface area contributed by atoms with E-state index in [9.17, 15) is 19.2 Å². The van der Waals surface area contributed by atoms with Crippen LogP contribution < -0.4 is 0 Å². The van der Waals surface area contributed by atoms with Gasteiger partial charge in [-0.1, -0.05) is 54.6 Å². The first kappa shape index (κ1) is 23.7. The molecule has 178 valence electrons. The minimum atomic E-state index is -1.23. The Hall–Kier alpha value is -3.48. The summed E-state index contributed by atoms with van der Waals surface area (Å²) in [6.45, 7) is 2.95. The summed E-state index contributed by atoms with van der Waals surface area (Å²) >= 11 is 0. The fourth-order valence-corrected chi connectivity index (χ4v) is 5.18. The maximum atomic E-state index is 13.9. The number of imide groups is 1. The summed E-state index contributed by atoms with van der Waals surface area (Å²) < 4.78 is 4.84. The molecule has 3 amide bonds. The van der Waals surface area contributed by atoms with Crippen molar-refractivity contribution in [2.24, 2.45) is 5.92 Å². The summed E-state index contributed by atoms with van der Waals surface area (Å²) in [6.07, 6.45) is 0.954. The lowest BCUT2D eigenvalue weighted by atomic mass is 9.73. The molecule has 1 unspecified atom stereocenters. The van der Waals surface area contributed by atoms with E-state index in [-0.39, 0.29) is 49.0 Å². The normalized spacial score (nSPS) is 21.1. The van der Waals surface area contributed by atoms with Crippen LogP contribution in [0.1, 0.15) is 42.4 Å². The Morgan fingerprint density at radius 2 is 1.65 bits per heavy atom. The number of benzene rings is 2. The molecular weight excluding hydrogens is 432 g/mol. The van der Waals surface area contributed by atoms with Gasteiger partial charge >= 0.3 is 5.97 Å². The monoisotopic (exact) mass is 462 g/mol. The molecule has 2 aliphatic rings. The maximum absolute atomic E-state index is 13.9. The Bertz CT molecular complexity index is 1090. The van der Waals surface area contributed by atoms with E-state index in [0.29, 0.717) is 25.9 Å². The zero-order chi connectivity index (χ0) is 24.3. The lowest BCUT2D eigenvalue weighted by Gasteiger charge is -2.34. The fraction of sp³-hybridized carbons (Fsp3) is 0.407. The summed E-state index contributed by atoms with van der Waals surface area (Å²) in [5.74, 6) is -1.23. The first-order valence-corrected chi connectivity index (χ1v) is 11.7. The van der Waals surface area contributed by atoms with Gasteiger partial charge in [0.2, 0.25) is 17.7 Å². The molecule has 0 bridgehead atoms. The van der Waals surface area contributed by atoms with Crippen molar-refractivity contribution in [1.82, 2.24) is 9.80 Å². The molecule has 2 saturated heterocycles. The summed E-state index contributed by atoms with van der Waals surface area (Å²) in [5.41, 5.74) is 1.23. The average molecular weight is 463 g/mol. The number of methoxy groups -OCH3 is 1. The van der Waals surface area contributed by atoms with Gasteiger partial charge in [-0.3, -0.25) is 24.1 Å². The Morgan fingerprint density at radius 3 is 2.29 bits per heavy atom. The predicted molar refractivity (Wildman–Crippen MR) is 125 cm³/mol. The highest BCUT2D eigenvalue weighted by Gasteiger charge is 2.54. The van der Waals surface area contributed by atoms with E-state index in [0.717, 1.165) is 16.7 Å². The van der Waals surface area contributed by atoms with Crippen molar-refractivity contribution >= 4 is 23.7 Å². The van der Waals surface area contributed by atoms with Crippen LogP contribution in [0.4, 0.5) is 0 Å². The molecule has 0 radical (unpaired) electrons. The number of amides is 3. The average Bonchev–Trinajstić information content (AvgIpc) is 3.09. The Morgan fingerprint density at radius 1 is 1.00 bits per heavy atom. The second-order valence-corrected chi connectivity index (χ2v) is 9.20. The number of ether oxygens (including phenoxy) is 1. The number of likely N-dealkylation sites (tertiary alicyclic amines) is 2. The number of aryl methyl sites for hydroxylation is 1. The molecule has 2 aromatic rings. The third-order valence-electron chi connectivity index (χ3n) is 7.09. The van der Waals surface area contributed by atoms with Crippen molar-refractivity contribution in [3.63, 3.8) is 0 Å². The first-order chi connectivity index (χ1) is 16.4. The Balaban J connectivity index is 1.60. The standard InChI is InChI=1S/C27H30N2O5/c1-19-8-6-7-11-22(19)27(16-23(30)28-14-12-21(13-15-28)25(32)34-2)17-24(31)29(26(27)33)18-20-9-4-3-5-10-20/h3-11,21H,12-18H2,1-2H3. The highest BCUT2D eigenvalue weighted by atomic mass is 16.5. The van der Waals surface area contributed by atoms with E-state index in [1.807, 2.05) is 61.5 Å². The van der Waals surface area contributed by atoms with Crippen LogP contribution in [0.25, 0.3) is 0 Å². The van der Waals surface area contributed by atoms with Gasteiger partial charge in [0.25, 0.3) is 0 Å². The van der Waals surface area contributed by atoms with Crippen molar-refractivity contribution in [1.29, 1.82) is 0 Å². The maximum Gasteiger partial charge on any atom is 0.308 e. The van der Waals surface area contributed by atoms with Gasteiger partial charge in [-0.25, -0.2) is 0 Å². The number of carbonyl (C=O) groups excluding carboxylic acids is 4. The molecule has 2 aliphatic heterocycles. The molecule has 2 fully saturated rings. The van der Waals surface area contributed by atoms with Gasteiger partial charge in [-0.15, -0.1) is 0 Å². The van der Waals surface area contributed by atoms with Crippen molar-refractivity contribution in [2.75, 3.05) is 20.2 Å². The van der Waals surface area contributed by atoms with Crippen LogP contribution in [0, 0.1) is 12.8 Å². The molecule has 0 aliphatic carbocycles. The third-order valence-corrected chi connectivity index (χ3v) is 7.09. The number of hydrogen-bond donors (Lipinski definition) is 0. The number of esters is 1. The van der Waals surface area contributed by atoms with Crippen molar-refractivity contribution < 1.29 is 23.9 Å². The van der Waals surface area contributed by atoms with Crippen LogP contribution in [0.3, 0.4) is 0 Å². The summed E-state index contributed by atoms with van der Waals surface area (Å²) in [7, 11) is 1.37. The first-order valence-electron chi connectivity index (χ1n) is 11.7. The van der Waals surface area contributed by atoms with Crippen LogP contribution in [0.5, 0.6) is 0 Å². The van der Waals surface area contributed by atoms with E-state index < -0.39 is 5.41 Å². The molecule has 1 atom stereocenters. The number of carbonyl (C=O) groups is 4. The molecule has 0 N–H and O–H groups in total. The quantitative estimate of drug-likeness (QED) is 0.487. The number of piperidine rings is 1. The van der Waals surface area contributed by atoms with Gasteiger partial charge in [0.15, 0.2) is 0 Å². The number of rotatable bonds is 6. The second-order valence-electron chi connectivity index (χ2n) is 9.20. The van der Waals surface area contributed by atoms with E-state index in [1.165, 1.54) is 12.0 Å². The van der Waals surface area contributed by atoms with Crippen LogP contribution in [0.15, 0.2) is 54.6 Å². The topological polar surface area (TPSA) is 84.0 Å². The van der Waals surface area contributed by atoms with Crippen LogP contribution in [-0.4, -0.2) is 53.7 Å². The highest BCUT2D eigenvalue weighted by Crippen LogP contribution is 2.42. The molecule has 34 heavy (non-hydrogen) atoms. The zero-order valence-electron chi connectivity index (χ0n) is 19.7. The van der Waals surface area contributed by atoms with Crippen molar-refractivity contribution in [2.45, 2.75) is 44.6 Å². The summed E-state index contributed by atoms with van der Waals surface area (Å²) in [4.78, 5) is 55.3. The SMILES string of the molecule is COC(=O)C1CCN(C(=O)CC2(c3ccccc3C)CC(=O)N(Cc3ccccc3)C2=O)CC1. The molecule has 0 aromatic heterocycles. The Labute approximate surface area is 199 Å². The summed E-state index contributed by atoms with van der Waals surface area (Å²) in [5, 5.41) is 0. The summed E-state index contributed by atoms with van der Waals surface area (Å²) in [6, 6.07) is 16.9. The molecular formula is C27H30N2O5. The van der Waals surface area contributed by atoms with Gasteiger partial charge in [0.05, 0.1) is 25.0 Å². The molecule has 0 saturated carbocycles. The van der Waals surface area contributed by atoms with E-state index in [2.05, 4.69) is 0 Å². The molecule has 2 aromatic carbocycles. The molecule has 7 heteroatoms. The van der Waals surface area contributed by atoms with Crippen LogP contribution >= 0.6 is 0 Å². The second kappa shape index (κ2) is 9.79. The van der Waals surface area contributed by atoms with Crippen LogP contribution in [-0.2, 0) is 35.9 Å². The Kier molecular flexibility index (Phi) is 6.82. The van der Waals surface area contributed by atoms with Gasteiger partial charge in [0.1, 0.15) is 0 Å². The van der Waals surface area contributed by atoms with Gasteiger partial charge < -0.3 is 9.64 Å². The minimum absolute atomic E-state index is 0.0338. The lowest BCUT2D eigenvalue weighted by molar-refractivity contribution is -0.149. The smallest absolute Gasteiger partial charge is 0.308 e. The predicted octanol–water partition coefficient (Wildman–Crippen LogP) is 2.99. The lowest BCUT2D eigenvalue weighted by Crippen LogP contribution is -2.46. The van der Waals surface area contributed by atoms with Gasteiger partial charge in [-0.05, 0) is 36.5 Å². The number of nitrogens with zero attached hydrogens (tertiary/aromatic N) is 2. The van der Waals surface area contributed by atoms with Crippen molar-refractivity contribution in [3.05, 3.63) is 71.3 Å². The minimum Gasteiger partial charge on any atom is -0.469 e. The highest BCUT2D eigenvalue weighted by molar-refractivity contribution is 6.10. The largest absolute Gasteiger partial charge is 0.469 e. The molecule has 7 nitrogen and oxygen atoms in total. The third kappa shape index (κ3) is 4.47. The van der Waals surface area contributed by atoms with Gasteiger partial charge in [0, 0.05) is 25.9 Å². The van der Waals surface area contributed by atoms with Gasteiger partial charge in [-0.2, -0.15) is 0 Å². The fourth-order valence-electron chi connectivity index (χ4n) is 5.18. The van der Waals surface area contributed by atoms with E-state index >= 15 is 0 Å². The van der Waals surface area contributed by atoms with E-state index in [4.69, 9.17) is 4.74 Å². The van der Waals surface area contributed by atoms with Crippen molar-refractivity contribution in [3.8, 4) is 0 Å². The molecule has 0 spiro atoms. The zero-order valence-corrected chi connectivity index (χ0v) is 19.7.